The first-order chi connectivity index (χ1) is 13.3. The third-order valence-corrected chi connectivity index (χ3v) is 4.54. The standard InChI is InChI=1S/C20H23NO6S/c1-13(19(22)21-16-9-17(25-2)11-18(10-16)26-3)27-20(23)15-7-5-6-14(8-15)12-28(4)24/h5-11,13H,12H2,1-4H3,(H,21,22)/t13-,28-/m1/s1. The molecule has 0 fully saturated rings. The first kappa shape index (κ1) is 21.4. The lowest BCUT2D eigenvalue weighted by Crippen LogP contribution is -2.30. The number of benzene rings is 2. The van der Waals surface area contributed by atoms with E-state index in [9.17, 15) is 13.8 Å². The van der Waals surface area contributed by atoms with E-state index >= 15 is 0 Å². The summed E-state index contributed by atoms with van der Waals surface area (Å²) in [5.74, 6) is 0.257. The van der Waals surface area contributed by atoms with Crippen LogP contribution < -0.4 is 14.8 Å². The summed E-state index contributed by atoms with van der Waals surface area (Å²) in [7, 11) is 1.99. The van der Waals surface area contributed by atoms with Gasteiger partial charge in [0.1, 0.15) is 11.5 Å². The molecule has 2 rings (SSSR count). The first-order valence-corrected chi connectivity index (χ1v) is 10.2. The van der Waals surface area contributed by atoms with E-state index in [4.69, 9.17) is 14.2 Å². The predicted octanol–water partition coefficient (Wildman–Crippen LogP) is 2.77. The molecule has 0 heterocycles. The number of anilines is 1. The third-order valence-electron chi connectivity index (χ3n) is 3.80. The molecule has 0 aliphatic carbocycles. The number of carbonyl (C=O) groups is 2. The Bertz CT molecular complexity index is 860. The van der Waals surface area contributed by atoms with Crippen molar-refractivity contribution in [1.29, 1.82) is 0 Å². The second-order valence-corrected chi connectivity index (χ2v) is 7.49. The molecule has 1 N–H and O–H groups in total. The van der Waals surface area contributed by atoms with Crippen LogP contribution in [0.1, 0.15) is 22.8 Å². The number of amides is 1. The van der Waals surface area contributed by atoms with Gasteiger partial charge in [-0.25, -0.2) is 4.79 Å². The molecular weight excluding hydrogens is 382 g/mol. The van der Waals surface area contributed by atoms with Gasteiger partial charge >= 0.3 is 5.97 Å². The Balaban J connectivity index is 2.04. The molecular formula is C20H23NO6S. The first-order valence-electron chi connectivity index (χ1n) is 8.46. The fourth-order valence-electron chi connectivity index (χ4n) is 2.43. The van der Waals surface area contributed by atoms with Crippen molar-refractivity contribution in [3.63, 3.8) is 0 Å². The molecule has 0 saturated carbocycles. The van der Waals surface area contributed by atoms with Crippen molar-refractivity contribution in [2.45, 2.75) is 18.8 Å². The van der Waals surface area contributed by atoms with Gasteiger partial charge in [-0.15, -0.1) is 0 Å². The van der Waals surface area contributed by atoms with Crippen molar-refractivity contribution in [3.05, 3.63) is 53.6 Å². The minimum atomic E-state index is -1.02. The van der Waals surface area contributed by atoms with E-state index in [1.165, 1.54) is 21.1 Å². The fraction of sp³-hybridized carbons (Fsp3) is 0.300. The van der Waals surface area contributed by atoms with E-state index in [2.05, 4.69) is 5.32 Å². The largest absolute Gasteiger partial charge is 0.497 e. The van der Waals surface area contributed by atoms with Crippen LogP contribution in [0.15, 0.2) is 42.5 Å². The van der Waals surface area contributed by atoms with Gasteiger partial charge in [0.15, 0.2) is 6.10 Å². The van der Waals surface area contributed by atoms with Crippen LogP contribution in [0.4, 0.5) is 5.69 Å². The summed E-state index contributed by atoms with van der Waals surface area (Å²) in [4.78, 5) is 24.7. The molecule has 0 saturated heterocycles. The number of methoxy groups -OCH3 is 2. The summed E-state index contributed by atoms with van der Waals surface area (Å²) >= 11 is 0. The highest BCUT2D eigenvalue weighted by Gasteiger charge is 2.20. The van der Waals surface area contributed by atoms with E-state index in [1.54, 1.807) is 48.7 Å². The highest BCUT2D eigenvalue weighted by molar-refractivity contribution is 7.83. The highest BCUT2D eigenvalue weighted by Crippen LogP contribution is 2.26. The highest BCUT2D eigenvalue weighted by atomic mass is 32.2. The van der Waals surface area contributed by atoms with Crippen LogP contribution in [0.25, 0.3) is 0 Å². The van der Waals surface area contributed by atoms with Crippen LogP contribution in [0.3, 0.4) is 0 Å². The Labute approximate surface area is 166 Å². The number of nitrogens with one attached hydrogen (secondary N) is 1. The maximum Gasteiger partial charge on any atom is 0.338 e. The Morgan fingerprint density at radius 3 is 2.29 bits per heavy atom. The normalized spacial score (nSPS) is 12.6. The zero-order valence-corrected chi connectivity index (χ0v) is 17.0. The van der Waals surface area contributed by atoms with Gasteiger partial charge in [-0.05, 0) is 24.6 Å². The Hall–Kier alpha value is -2.87. The second-order valence-electron chi connectivity index (χ2n) is 6.06. The average Bonchev–Trinajstić information content (AvgIpc) is 2.67. The van der Waals surface area contributed by atoms with Crippen molar-refractivity contribution in [1.82, 2.24) is 0 Å². The minimum absolute atomic E-state index is 0.297. The summed E-state index contributed by atoms with van der Waals surface area (Å²) in [5, 5.41) is 2.67. The number of rotatable bonds is 8. The van der Waals surface area contributed by atoms with Crippen molar-refractivity contribution in [3.8, 4) is 11.5 Å². The molecule has 0 aromatic heterocycles. The topological polar surface area (TPSA) is 90.9 Å². The van der Waals surface area contributed by atoms with Crippen LogP contribution in [-0.4, -0.2) is 42.7 Å². The van der Waals surface area contributed by atoms with E-state index in [0.29, 0.717) is 28.5 Å². The minimum Gasteiger partial charge on any atom is -0.497 e. The Morgan fingerprint density at radius 2 is 1.71 bits per heavy atom. The molecule has 0 aliphatic heterocycles. The molecule has 0 radical (unpaired) electrons. The van der Waals surface area contributed by atoms with Gasteiger partial charge in [0.2, 0.25) is 0 Å². The van der Waals surface area contributed by atoms with Crippen molar-refractivity contribution in [2.75, 3.05) is 25.8 Å². The van der Waals surface area contributed by atoms with E-state index in [1.807, 2.05) is 0 Å². The van der Waals surface area contributed by atoms with Gasteiger partial charge in [-0.3, -0.25) is 9.00 Å². The number of ether oxygens (including phenoxy) is 3. The number of carbonyl (C=O) groups excluding carboxylic acids is 2. The maximum absolute atomic E-state index is 12.4. The predicted molar refractivity (Wildman–Crippen MR) is 107 cm³/mol. The number of hydrogen-bond acceptors (Lipinski definition) is 6. The zero-order chi connectivity index (χ0) is 20.7. The lowest BCUT2D eigenvalue weighted by molar-refractivity contribution is -0.123. The average molecular weight is 405 g/mol. The molecule has 0 spiro atoms. The lowest BCUT2D eigenvalue weighted by atomic mass is 10.1. The quantitative estimate of drug-likeness (QED) is 0.679. The van der Waals surface area contributed by atoms with Gasteiger partial charge in [0.05, 0.1) is 19.8 Å². The van der Waals surface area contributed by atoms with Gasteiger partial charge in [0, 0.05) is 46.7 Å². The molecule has 0 bridgehead atoms. The van der Waals surface area contributed by atoms with Crippen molar-refractivity contribution >= 4 is 28.4 Å². The molecule has 2 atom stereocenters. The number of esters is 1. The Kier molecular flexibility index (Phi) is 7.57. The van der Waals surface area contributed by atoms with Crippen LogP contribution >= 0.6 is 0 Å². The fourth-order valence-corrected chi connectivity index (χ4v) is 3.08. The van der Waals surface area contributed by atoms with E-state index in [-0.39, 0.29) is 0 Å². The molecule has 150 valence electrons. The van der Waals surface area contributed by atoms with E-state index < -0.39 is 28.8 Å². The SMILES string of the molecule is COc1cc(NC(=O)[C@@H](C)OC(=O)c2cccc(C[S@@](C)=O)c2)cc(OC)c1. The molecule has 7 nitrogen and oxygen atoms in total. The zero-order valence-electron chi connectivity index (χ0n) is 16.2. The molecule has 8 heteroatoms. The Morgan fingerprint density at radius 1 is 1.07 bits per heavy atom. The lowest BCUT2D eigenvalue weighted by Gasteiger charge is -2.15. The van der Waals surface area contributed by atoms with Crippen LogP contribution in [0.5, 0.6) is 11.5 Å². The molecule has 28 heavy (non-hydrogen) atoms. The summed E-state index contributed by atoms with van der Waals surface area (Å²) in [6, 6.07) is 11.6. The third kappa shape index (κ3) is 6.09. The van der Waals surface area contributed by atoms with Gasteiger partial charge in [0.25, 0.3) is 5.91 Å². The monoisotopic (exact) mass is 405 g/mol. The molecule has 0 aliphatic rings. The molecule has 1 amide bonds. The van der Waals surface area contributed by atoms with Gasteiger partial charge in [-0.1, -0.05) is 12.1 Å². The molecule has 0 unspecified atom stereocenters. The van der Waals surface area contributed by atoms with E-state index in [0.717, 1.165) is 5.56 Å². The summed E-state index contributed by atoms with van der Waals surface area (Å²) in [6.07, 6.45) is 0.569. The molecule has 2 aromatic carbocycles. The van der Waals surface area contributed by atoms with Gasteiger partial charge in [-0.2, -0.15) is 0 Å². The summed E-state index contributed by atoms with van der Waals surface area (Å²) < 4.78 is 26.9. The smallest absolute Gasteiger partial charge is 0.338 e. The molecule has 2 aromatic rings. The maximum atomic E-state index is 12.4. The van der Waals surface area contributed by atoms with Crippen molar-refractivity contribution in [2.24, 2.45) is 0 Å². The van der Waals surface area contributed by atoms with Crippen molar-refractivity contribution < 1.29 is 28.0 Å². The van der Waals surface area contributed by atoms with Crippen LogP contribution in [0, 0.1) is 0 Å². The van der Waals surface area contributed by atoms with Gasteiger partial charge < -0.3 is 19.5 Å². The van der Waals surface area contributed by atoms with Crippen LogP contribution in [-0.2, 0) is 26.1 Å². The van der Waals surface area contributed by atoms with Crippen LogP contribution in [0.2, 0.25) is 0 Å². The summed E-state index contributed by atoms with van der Waals surface area (Å²) in [5.41, 5.74) is 1.51. The number of hydrogen-bond donors (Lipinski definition) is 1. The second kappa shape index (κ2) is 9.89. The summed E-state index contributed by atoms with van der Waals surface area (Å²) in [6.45, 7) is 1.48.